The van der Waals surface area contributed by atoms with Crippen LogP contribution in [0.3, 0.4) is 0 Å². The second kappa shape index (κ2) is 5.24. The van der Waals surface area contributed by atoms with Gasteiger partial charge in [0.05, 0.1) is 0 Å². The Kier molecular flexibility index (Phi) is 3.27. The third-order valence-electron chi connectivity index (χ3n) is 3.09. The Bertz CT molecular complexity index is 775. The number of aryl methyl sites for hydroxylation is 1. The summed E-state index contributed by atoms with van der Waals surface area (Å²) in [6.07, 6.45) is 0. The molecule has 0 saturated heterocycles. The number of aromatic nitrogens is 3. The lowest BCUT2D eigenvalue weighted by molar-refractivity contribution is 0.0691. The third kappa shape index (κ3) is 2.55. The minimum Gasteiger partial charge on any atom is -0.476 e. The lowest BCUT2D eigenvalue weighted by Crippen LogP contribution is -2.05. The zero-order valence-electron chi connectivity index (χ0n) is 11.4. The number of carboxylic acids is 1. The Labute approximate surface area is 120 Å². The van der Waals surface area contributed by atoms with Gasteiger partial charge < -0.3 is 9.52 Å². The molecule has 0 aliphatic heterocycles. The Morgan fingerprint density at radius 1 is 1.24 bits per heavy atom. The molecule has 0 radical (unpaired) electrons. The predicted octanol–water partition coefficient (Wildman–Crippen LogP) is 2.59. The van der Waals surface area contributed by atoms with Crippen LogP contribution < -0.4 is 0 Å². The van der Waals surface area contributed by atoms with Gasteiger partial charge in [0.25, 0.3) is 0 Å². The number of rotatable bonds is 4. The largest absolute Gasteiger partial charge is 0.476 e. The summed E-state index contributed by atoms with van der Waals surface area (Å²) in [4.78, 5) is 11.3. The molecule has 0 amide bonds. The first-order valence-corrected chi connectivity index (χ1v) is 6.42. The van der Waals surface area contributed by atoms with Crippen molar-refractivity contribution in [3.8, 4) is 11.3 Å². The van der Waals surface area contributed by atoms with Crippen LogP contribution in [0.2, 0.25) is 0 Å². The van der Waals surface area contributed by atoms with Crippen LogP contribution in [0.5, 0.6) is 0 Å². The second-order valence-electron chi connectivity index (χ2n) is 4.63. The molecule has 106 valence electrons. The van der Waals surface area contributed by atoms with Crippen LogP contribution in [0, 0.1) is 6.92 Å². The molecule has 2 aromatic heterocycles. The summed E-state index contributed by atoms with van der Waals surface area (Å²) in [6.45, 7) is 2.18. The van der Waals surface area contributed by atoms with Crippen molar-refractivity contribution in [1.29, 1.82) is 0 Å². The Balaban J connectivity index is 2.07. The maximum absolute atomic E-state index is 11.3. The number of aromatic carboxylic acids is 1. The van der Waals surface area contributed by atoms with E-state index in [1.54, 1.807) is 0 Å². The number of furan rings is 1. The molecule has 0 fully saturated rings. The van der Waals surface area contributed by atoms with Crippen molar-refractivity contribution in [1.82, 2.24) is 15.0 Å². The van der Waals surface area contributed by atoms with Gasteiger partial charge in [0.2, 0.25) is 0 Å². The molecule has 0 spiro atoms. The Morgan fingerprint density at radius 2 is 2.00 bits per heavy atom. The highest BCUT2D eigenvalue weighted by molar-refractivity contribution is 5.92. The first-order valence-electron chi connectivity index (χ1n) is 6.42. The molecule has 3 rings (SSSR count). The molecule has 0 bridgehead atoms. The van der Waals surface area contributed by atoms with Crippen molar-refractivity contribution >= 4 is 5.97 Å². The van der Waals surface area contributed by atoms with E-state index in [4.69, 9.17) is 4.42 Å². The van der Waals surface area contributed by atoms with E-state index >= 15 is 0 Å². The lowest BCUT2D eigenvalue weighted by atomic mass is 10.1. The number of carbonyl (C=O) groups is 1. The molecule has 6 nitrogen and oxygen atoms in total. The van der Waals surface area contributed by atoms with E-state index in [1.165, 1.54) is 4.68 Å². The summed E-state index contributed by atoms with van der Waals surface area (Å²) in [5.41, 5.74) is 1.16. The van der Waals surface area contributed by atoms with Crippen LogP contribution in [0.15, 0.2) is 46.9 Å². The molecule has 0 aliphatic rings. The Morgan fingerprint density at radius 3 is 2.62 bits per heavy atom. The average Bonchev–Trinajstić information content (AvgIpc) is 3.07. The fourth-order valence-corrected chi connectivity index (χ4v) is 2.17. The average molecular weight is 283 g/mol. The SMILES string of the molecule is Cc1ccc(Cn2nnc(C(=O)O)c2-c2ccccc2)o1. The number of hydrogen-bond donors (Lipinski definition) is 1. The summed E-state index contributed by atoms with van der Waals surface area (Å²) < 4.78 is 7.05. The van der Waals surface area contributed by atoms with Crippen molar-refractivity contribution in [3.63, 3.8) is 0 Å². The molecular formula is C15H13N3O3. The monoisotopic (exact) mass is 283 g/mol. The summed E-state index contributed by atoms with van der Waals surface area (Å²) in [5.74, 6) is 0.395. The molecule has 0 atom stereocenters. The van der Waals surface area contributed by atoms with Gasteiger partial charge in [0.1, 0.15) is 23.8 Å². The zero-order chi connectivity index (χ0) is 14.8. The molecule has 21 heavy (non-hydrogen) atoms. The van der Waals surface area contributed by atoms with E-state index in [1.807, 2.05) is 49.4 Å². The summed E-state index contributed by atoms with van der Waals surface area (Å²) in [7, 11) is 0. The molecule has 1 N–H and O–H groups in total. The van der Waals surface area contributed by atoms with Gasteiger partial charge >= 0.3 is 5.97 Å². The summed E-state index contributed by atoms with van der Waals surface area (Å²) in [6, 6.07) is 12.9. The third-order valence-corrected chi connectivity index (χ3v) is 3.09. The quantitative estimate of drug-likeness (QED) is 0.796. The van der Waals surface area contributed by atoms with Gasteiger partial charge in [-0.25, -0.2) is 9.48 Å². The minimum atomic E-state index is -1.10. The van der Waals surface area contributed by atoms with Crippen LogP contribution >= 0.6 is 0 Å². The molecule has 0 aliphatic carbocycles. The minimum absolute atomic E-state index is 0.0653. The van der Waals surface area contributed by atoms with E-state index in [0.717, 1.165) is 11.3 Å². The van der Waals surface area contributed by atoms with Gasteiger partial charge in [-0.05, 0) is 19.1 Å². The maximum Gasteiger partial charge on any atom is 0.358 e. The van der Waals surface area contributed by atoms with E-state index in [9.17, 15) is 9.90 Å². The van der Waals surface area contributed by atoms with Crippen molar-refractivity contribution < 1.29 is 14.3 Å². The normalized spacial score (nSPS) is 10.7. The highest BCUT2D eigenvalue weighted by Crippen LogP contribution is 2.23. The van der Waals surface area contributed by atoms with Gasteiger partial charge in [0.15, 0.2) is 5.69 Å². The molecule has 2 heterocycles. The van der Waals surface area contributed by atoms with Gasteiger partial charge in [-0.3, -0.25) is 0 Å². The van der Waals surface area contributed by atoms with Gasteiger partial charge in [0, 0.05) is 5.56 Å². The van der Waals surface area contributed by atoms with E-state index in [2.05, 4.69) is 10.3 Å². The van der Waals surface area contributed by atoms with Gasteiger partial charge in [-0.15, -0.1) is 5.10 Å². The molecule has 0 saturated carbocycles. The lowest BCUT2D eigenvalue weighted by Gasteiger charge is -2.05. The first kappa shape index (κ1) is 13.1. The first-order chi connectivity index (χ1) is 10.1. The number of benzene rings is 1. The smallest absolute Gasteiger partial charge is 0.358 e. The number of nitrogens with zero attached hydrogens (tertiary/aromatic N) is 3. The van der Waals surface area contributed by atoms with Crippen molar-refractivity contribution in [2.45, 2.75) is 13.5 Å². The van der Waals surface area contributed by atoms with Crippen molar-refractivity contribution in [3.05, 3.63) is 59.7 Å². The predicted molar refractivity (Wildman–Crippen MR) is 75.0 cm³/mol. The molecule has 0 unspecified atom stereocenters. The van der Waals surface area contributed by atoms with Crippen LogP contribution in [0.4, 0.5) is 0 Å². The number of carboxylic acid groups (broad SMARTS) is 1. The van der Waals surface area contributed by atoms with Crippen molar-refractivity contribution in [2.75, 3.05) is 0 Å². The highest BCUT2D eigenvalue weighted by Gasteiger charge is 2.21. The van der Waals surface area contributed by atoms with Gasteiger partial charge in [-0.2, -0.15) is 0 Å². The fraction of sp³-hybridized carbons (Fsp3) is 0.133. The molecule has 6 heteroatoms. The van der Waals surface area contributed by atoms with Crippen LogP contribution in [-0.2, 0) is 6.54 Å². The fourth-order valence-electron chi connectivity index (χ4n) is 2.17. The van der Waals surface area contributed by atoms with Gasteiger partial charge in [-0.1, -0.05) is 35.5 Å². The molecular weight excluding hydrogens is 270 g/mol. The maximum atomic E-state index is 11.3. The van der Waals surface area contributed by atoms with Crippen molar-refractivity contribution in [2.24, 2.45) is 0 Å². The molecule has 1 aromatic carbocycles. The Hall–Kier alpha value is -2.89. The summed E-state index contributed by atoms with van der Waals surface area (Å²) >= 11 is 0. The number of hydrogen-bond acceptors (Lipinski definition) is 4. The van der Waals surface area contributed by atoms with Crippen LogP contribution in [0.25, 0.3) is 11.3 Å². The second-order valence-corrected chi connectivity index (χ2v) is 4.63. The summed E-state index contributed by atoms with van der Waals surface area (Å²) in [5, 5.41) is 17.0. The molecule has 3 aromatic rings. The van der Waals surface area contributed by atoms with E-state index in [0.29, 0.717) is 18.0 Å². The standard InChI is InChI=1S/C15H13N3O3/c1-10-7-8-12(21-10)9-18-14(11-5-3-2-4-6-11)13(15(19)20)16-17-18/h2-8H,9H2,1H3,(H,19,20). The van der Waals surface area contributed by atoms with Crippen LogP contribution in [0.1, 0.15) is 22.0 Å². The zero-order valence-corrected chi connectivity index (χ0v) is 11.4. The topological polar surface area (TPSA) is 81.2 Å². The highest BCUT2D eigenvalue weighted by atomic mass is 16.4. The van der Waals surface area contributed by atoms with E-state index < -0.39 is 5.97 Å². The van der Waals surface area contributed by atoms with Crippen LogP contribution in [-0.4, -0.2) is 26.1 Å². The van der Waals surface area contributed by atoms with E-state index in [-0.39, 0.29) is 5.69 Å².